The van der Waals surface area contributed by atoms with Crippen LogP contribution < -0.4 is 0 Å². The molecule has 0 aliphatic carbocycles. The fraction of sp³-hybridized carbons (Fsp3) is 0.0625. The molecule has 110 valence electrons. The molecule has 0 radical (unpaired) electrons. The molecule has 1 aliphatic rings. The fourth-order valence-corrected chi connectivity index (χ4v) is 2.50. The third-order valence-corrected chi connectivity index (χ3v) is 3.63. The molecule has 7 heteroatoms. The van der Waals surface area contributed by atoms with Gasteiger partial charge >= 0.3 is 0 Å². The van der Waals surface area contributed by atoms with Gasteiger partial charge in [-0.15, -0.1) is 10.2 Å². The van der Waals surface area contributed by atoms with Gasteiger partial charge in [0.2, 0.25) is 5.66 Å². The average molecular weight is 301 g/mol. The maximum Gasteiger partial charge on any atom is 0.245 e. The van der Waals surface area contributed by atoms with E-state index in [0.717, 1.165) is 16.7 Å². The molecule has 0 spiro atoms. The summed E-state index contributed by atoms with van der Waals surface area (Å²) in [5.41, 5.74) is 1.77. The van der Waals surface area contributed by atoms with E-state index < -0.39 is 5.66 Å². The first kappa shape index (κ1) is 13.3. The first-order valence-corrected chi connectivity index (χ1v) is 7.01. The standard InChI is InChI=1S/C16H11N7/c1-2-4-13(5-3-1)16(20-22-23-21-16)14-8-6-12(7-9-14)15-18-10-17-11-19-15/h1-11H. The largest absolute Gasteiger partial charge is 0.245 e. The monoisotopic (exact) mass is 301 g/mol. The summed E-state index contributed by atoms with van der Waals surface area (Å²) in [6.07, 6.45) is 2.95. The topological polar surface area (TPSA) is 88.1 Å². The Hall–Kier alpha value is -3.35. The molecule has 0 saturated heterocycles. The molecular formula is C16H11N7. The minimum absolute atomic E-state index is 0.620. The predicted octanol–water partition coefficient (Wildman–Crippen LogP) is 3.57. The van der Waals surface area contributed by atoms with Crippen LogP contribution in [-0.4, -0.2) is 15.0 Å². The summed E-state index contributed by atoms with van der Waals surface area (Å²) in [4.78, 5) is 12.1. The van der Waals surface area contributed by atoms with Crippen LogP contribution in [0.1, 0.15) is 11.1 Å². The minimum atomic E-state index is -0.918. The zero-order valence-electron chi connectivity index (χ0n) is 12.0. The van der Waals surface area contributed by atoms with E-state index in [1.165, 1.54) is 12.7 Å². The molecule has 4 rings (SSSR count). The highest BCUT2D eigenvalue weighted by molar-refractivity contribution is 5.56. The minimum Gasteiger partial charge on any atom is -0.225 e. The van der Waals surface area contributed by atoms with E-state index in [1.54, 1.807) is 0 Å². The van der Waals surface area contributed by atoms with Crippen LogP contribution in [0, 0.1) is 0 Å². The Morgan fingerprint density at radius 1 is 0.652 bits per heavy atom. The summed E-state index contributed by atoms with van der Waals surface area (Å²) in [6, 6.07) is 17.5. The summed E-state index contributed by atoms with van der Waals surface area (Å²) in [6.45, 7) is 0. The zero-order chi connectivity index (χ0) is 15.5. The number of benzene rings is 2. The van der Waals surface area contributed by atoms with E-state index in [0.29, 0.717) is 5.82 Å². The van der Waals surface area contributed by atoms with Gasteiger partial charge in [-0.1, -0.05) is 54.6 Å². The molecule has 7 nitrogen and oxygen atoms in total. The highest BCUT2D eigenvalue weighted by atomic mass is 15.6. The molecule has 0 bridgehead atoms. The molecule has 0 atom stereocenters. The molecule has 23 heavy (non-hydrogen) atoms. The van der Waals surface area contributed by atoms with Crippen LogP contribution >= 0.6 is 0 Å². The van der Waals surface area contributed by atoms with E-state index in [4.69, 9.17) is 0 Å². The van der Waals surface area contributed by atoms with Crippen LogP contribution in [0.3, 0.4) is 0 Å². The van der Waals surface area contributed by atoms with E-state index in [1.807, 2.05) is 54.6 Å². The quantitative estimate of drug-likeness (QED) is 0.740. The Kier molecular flexibility index (Phi) is 3.16. The number of hydrogen-bond acceptors (Lipinski definition) is 7. The Labute approximate surface area is 131 Å². The SMILES string of the molecule is c1ccc(C2(c3ccc(-c4ncncn4)cc3)N=NN=N2)cc1. The third-order valence-electron chi connectivity index (χ3n) is 3.63. The molecule has 0 unspecified atom stereocenters. The second-order valence-electron chi connectivity index (χ2n) is 4.96. The van der Waals surface area contributed by atoms with Crippen molar-refractivity contribution in [1.82, 2.24) is 15.0 Å². The molecule has 1 aliphatic heterocycles. The van der Waals surface area contributed by atoms with Crippen molar-refractivity contribution in [3.8, 4) is 11.4 Å². The van der Waals surface area contributed by atoms with E-state index >= 15 is 0 Å². The number of aromatic nitrogens is 3. The van der Waals surface area contributed by atoms with Crippen LogP contribution in [0.2, 0.25) is 0 Å². The Balaban J connectivity index is 1.77. The van der Waals surface area contributed by atoms with Crippen molar-refractivity contribution in [3.63, 3.8) is 0 Å². The van der Waals surface area contributed by atoms with Gasteiger partial charge < -0.3 is 0 Å². The van der Waals surface area contributed by atoms with Gasteiger partial charge in [0, 0.05) is 16.7 Å². The summed E-state index contributed by atoms with van der Waals surface area (Å²) >= 11 is 0. The van der Waals surface area contributed by atoms with Gasteiger partial charge in [0.15, 0.2) is 5.82 Å². The van der Waals surface area contributed by atoms with Gasteiger partial charge in [-0.05, 0) is 10.4 Å². The van der Waals surface area contributed by atoms with Crippen molar-refractivity contribution in [3.05, 3.63) is 78.4 Å². The molecule has 0 fully saturated rings. The van der Waals surface area contributed by atoms with Crippen molar-refractivity contribution in [2.75, 3.05) is 0 Å². The van der Waals surface area contributed by atoms with Crippen molar-refractivity contribution < 1.29 is 0 Å². The molecule has 0 saturated carbocycles. The van der Waals surface area contributed by atoms with Gasteiger partial charge in [0.1, 0.15) is 12.7 Å². The van der Waals surface area contributed by atoms with E-state index in [2.05, 4.69) is 35.6 Å². The maximum atomic E-state index is 4.26. The zero-order valence-corrected chi connectivity index (χ0v) is 12.0. The van der Waals surface area contributed by atoms with Crippen molar-refractivity contribution >= 4 is 0 Å². The number of rotatable bonds is 3. The van der Waals surface area contributed by atoms with Crippen LogP contribution in [-0.2, 0) is 5.66 Å². The summed E-state index contributed by atoms with van der Waals surface area (Å²) in [5.74, 6) is 0.620. The highest BCUT2D eigenvalue weighted by Gasteiger charge is 2.37. The highest BCUT2D eigenvalue weighted by Crippen LogP contribution is 2.39. The lowest BCUT2D eigenvalue weighted by molar-refractivity contribution is 0.565. The molecule has 0 amide bonds. The van der Waals surface area contributed by atoms with Crippen molar-refractivity contribution in [2.45, 2.75) is 5.66 Å². The number of nitrogens with zero attached hydrogens (tertiary/aromatic N) is 7. The lowest BCUT2D eigenvalue weighted by atomic mass is 9.92. The van der Waals surface area contributed by atoms with Gasteiger partial charge in [0.05, 0.1) is 0 Å². The number of hydrogen-bond donors (Lipinski definition) is 0. The second-order valence-corrected chi connectivity index (χ2v) is 4.96. The molecule has 2 heterocycles. The predicted molar refractivity (Wildman–Crippen MR) is 82.2 cm³/mol. The average Bonchev–Trinajstić information content (AvgIpc) is 3.14. The Bertz CT molecular complexity index is 846. The fourth-order valence-electron chi connectivity index (χ4n) is 2.50. The summed E-state index contributed by atoms with van der Waals surface area (Å²) < 4.78 is 0. The normalized spacial score (nSPS) is 15.0. The summed E-state index contributed by atoms with van der Waals surface area (Å²) in [5, 5.41) is 16.0. The van der Waals surface area contributed by atoms with Crippen LogP contribution in [0.4, 0.5) is 0 Å². The molecule has 1 aromatic heterocycles. The van der Waals surface area contributed by atoms with Crippen LogP contribution in [0.15, 0.2) is 87.9 Å². The van der Waals surface area contributed by atoms with Gasteiger partial charge in [-0.2, -0.15) is 0 Å². The van der Waals surface area contributed by atoms with Gasteiger partial charge in [-0.3, -0.25) is 0 Å². The smallest absolute Gasteiger partial charge is 0.225 e. The first-order chi connectivity index (χ1) is 11.4. The maximum absolute atomic E-state index is 4.26. The summed E-state index contributed by atoms with van der Waals surface area (Å²) in [7, 11) is 0. The second kappa shape index (κ2) is 5.45. The van der Waals surface area contributed by atoms with E-state index in [9.17, 15) is 0 Å². The Morgan fingerprint density at radius 2 is 1.26 bits per heavy atom. The molecular weight excluding hydrogens is 290 g/mol. The Morgan fingerprint density at radius 3 is 1.91 bits per heavy atom. The molecule has 0 N–H and O–H groups in total. The van der Waals surface area contributed by atoms with Crippen LogP contribution in [0.5, 0.6) is 0 Å². The van der Waals surface area contributed by atoms with E-state index in [-0.39, 0.29) is 0 Å². The van der Waals surface area contributed by atoms with Crippen LogP contribution in [0.25, 0.3) is 11.4 Å². The lowest BCUT2D eigenvalue weighted by Gasteiger charge is -2.20. The molecule has 2 aromatic carbocycles. The third kappa shape index (κ3) is 2.28. The van der Waals surface area contributed by atoms with Gasteiger partial charge in [-0.25, -0.2) is 15.0 Å². The van der Waals surface area contributed by atoms with Crippen molar-refractivity contribution in [2.24, 2.45) is 20.7 Å². The van der Waals surface area contributed by atoms with Crippen molar-refractivity contribution in [1.29, 1.82) is 0 Å². The first-order valence-electron chi connectivity index (χ1n) is 7.01. The molecule has 3 aromatic rings. The lowest BCUT2D eigenvalue weighted by Crippen LogP contribution is -2.20. The van der Waals surface area contributed by atoms with Gasteiger partial charge in [0.25, 0.3) is 0 Å².